The summed E-state index contributed by atoms with van der Waals surface area (Å²) in [7, 11) is 5.46. The smallest absolute Gasteiger partial charge is 0.146 e. The first-order chi connectivity index (χ1) is 9.91. The fraction of sp³-hybridized carbons (Fsp3) is 1.00. The van der Waals surface area contributed by atoms with Crippen LogP contribution in [0, 0.1) is 0 Å². The number of hydrogen-bond acceptors (Lipinski definition) is 8. The summed E-state index contributed by atoms with van der Waals surface area (Å²) in [6, 6.07) is 0. The molecule has 0 saturated heterocycles. The van der Waals surface area contributed by atoms with E-state index in [-0.39, 0.29) is 0 Å². The molecule has 0 radical (unpaired) electrons. The van der Waals surface area contributed by atoms with Gasteiger partial charge in [0.25, 0.3) is 0 Å². The van der Waals surface area contributed by atoms with E-state index in [2.05, 4.69) is 5.32 Å². The molecule has 0 saturated carbocycles. The maximum Gasteiger partial charge on any atom is 0.146 e. The first kappa shape index (κ1) is 20.5. The molecule has 0 fully saturated rings. The van der Waals surface area contributed by atoms with Crippen LogP contribution < -0.4 is 11.1 Å². The average Bonchev–Trinajstić information content (AvgIpc) is 2.47. The second-order valence-electron chi connectivity index (χ2n) is 3.76. The average molecular weight is 329 g/mol. The van der Waals surface area contributed by atoms with Gasteiger partial charge in [0.15, 0.2) is 0 Å². The highest BCUT2D eigenvalue weighted by atomic mass is 33.1. The Morgan fingerprint density at radius 1 is 0.850 bits per heavy atom. The summed E-state index contributed by atoms with van der Waals surface area (Å²) in [6.45, 7) is 5.01. The molecular weight excluding hydrogens is 300 g/mol. The molecular formula is C12H28N2O4S2. The largest absolute Gasteiger partial charge is 0.355 e. The van der Waals surface area contributed by atoms with Crippen molar-refractivity contribution >= 4 is 21.6 Å². The summed E-state index contributed by atoms with van der Waals surface area (Å²) in [4.78, 5) is 0. The van der Waals surface area contributed by atoms with Crippen LogP contribution >= 0.6 is 21.6 Å². The van der Waals surface area contributed by atoms with Gasteiger partial charge in [-0.05, 0) is 20.0 Å². The summed E-state index contributed by atoms with van der Waals surface area (Å²) < 4.78 is 21.1. The first-order valence-electron chi connectivity index (χ1n) is 6.82. The van der Waals surface area contributed by atoms with E-state index in [1.807, 2.05) is 7.05 Å². The van der Waals surface area contributed by atoms with Crippen LogP contribution in [0.4, 0.5) is 0 Å². The van der Waals surface area contributed by atoms with Gasteiger partial charge >= 0.3 is 0 Å². The maximum absolute atomic E-state index is 5.34. The number of likely N-dealkylation sites (N-methyl/N-ethyl adjacent to an activating group) is 1. The van der Waals surface area contributed by atoms with E-state index < -0.39 is 0 Å². The zero-order valence-corrected chi connectivity index (χ0v) is 13.9. The summed E-state index contributed by atoms with van der Waals surface area (Å²) in [5, 5.41) is 3.00. The van der Waals surface area contributed by atoms with E-state index in [1.54, 1.807) is 21.6 Å². The summed E-state index contributed by atoms with van der Waals surface area (Å²) >= 11 is 0. The molecule has 0 heterocycles. The Morgan fingerprint density at radius 3 is 1.95 bits per heavy atom. The van der Waals surface area contributed by atoms with E-state index in [0.717, 1.165) is 24.5 Å². The molecule has 0 rings (SSSR count). The zero-order chi connectivity index (χ0) is 14.7. The van der Waals surface area contributed by atoms with Gasteiger partial charge in [0.2, 0.25) is 0 Å². The van der Waals surface area contributed by atoms with Crippen LogP contribution in [0.3, 0.4) is 0 Å². The summed E-state index contributed by atoms with van der Waals surface area (Å²) in [5.41, 5.74) is 5.34. The van der Waals surface area contributed by atoms with Crippen LogP contribution in [-0.4, -0.2) is 71.7 Å². The fourth-order valence-corrected chi connectivity index (χ4v) is 2.74. The van der Waals surface area contributed by atoms with E-state index in [9.17, 15) is 0 Å². The normalized spacial score (nSPS) is 11.1. The van der Waals surface area contributed by atoms with Crippen LogP contribution in [0.15, 0.2) is 0 Å². The minimum Gasteiger partial charge on any atom is -0.355 e. The SMILES string of the molecule is CNCCOCOCCSSCCOCOCCCN. The number of nitrogens with one attached hydrogen (secondary N) is 1. The van der Waals surface area contributed by atoms with Crippen molar-refractivity contribution in [1.29, 1.82) is 0 Å². The van der Waals surface area contributed by atoms with Crippen molar-refractivity contribution in [3.63, 3.8) is 0 Å². The molecule has 6 nitrogen and oxygen atoms in total. The number of rotatable bonds is 17. The molecule has 0 atom stereocenters. The Labute approximate surface area is 130 Å². The van der Waals surface area contributed by atoms with Crippen LogP contribution in [0.5, 0.6) is 0 Å². The van der Waals surface area contributed by atoms with E-state index >= 15 is 0 Å². The van der Waals surface area contributed by atoms with Crippen LogP contribution in [0.2, 0.25) is 0 Å². The van der Waals surface area contributed by atoms with Gasteiger partial charge in [0.1, 0.15) is 13.6 Å². The molecule has 8 heteroatoms. The molecule has 0 aromatic heterocycles. The molecule has 0 spiro atoms. The molecule has 0 unspecified atom stereocenters. The molecule has 0 aromatic rings. The molecule has 122 valence electrons. The molecule has 20 heavy (non-hydrogen) atoms. The number of hydrogen-bond donors (Lipinski definition) is 2. The van der Waals surface area contributed by atoms with Crippen molar-refractivity contribution in [3.05, 3.63) is 0 Å². The number of nitrogens with two attached hydrogens (primary N) is 1. The fourth-order valence-electron chi connectivity index (χ4n) is 1.02. The van der Waals surface area contributed by atoms with Gasteiger partial charge in [-0.2, -0.15) is 0 Å². The summed E-state index contributed by atoms with van der Waals surface area (Å²) in [6.07, 6.45) is 0.882. The molecule has 0 bridgehead atoms. The lowest BCUT2D eigenvalue weighted by Gasteiger charge is -2.06. The lowest BCUT2D eigenvalue weighted by Crippen LogP contribution is -2.15. The molecule has 0 aliphatic heterocycles. The van der Waals surface area contributed by atoms with Gasteiger partial charge in [0.05, 0.1) is 26.4 Å². The Hall–Kier alpha value is 0.460. The minimum absolute atomic E-state index is 0.359. The highest BCUT2D eigenvalue weighted by Gasteiger charge is 1.93. The Bertz CT molecular complexity index is 164. The van der Waals surface area contributed by atoms with Crippen LogP contribution in [-0.2, 0) is 18.9 Å². The lowest BCUT2D eigenvalue weighted by molar-refractivity contribution is -0.0484. The molecule has 0 aliphatic rings. The van der Waals surface area contributed by atoms with E-state index in [1.165, 1.54) is 0 Å². The third-order valence-electron chi connectivity index (χ3n) is 2.03. The van der Waals surface area contributed by atoms with Gasteiger partial charge in [-0.1, -0.05) is 21.6 Å². The van der Waals surface area contributed by atoms with Crippen LogP contribution in [0.1, 0.15) is 6.42 Å². The quantitative estimate of drug-likeness (QED) is 0.232. The van der Waals surface area contributed by atoms with Gasteiger partial charge in [-0.15, -0.1) is 0 Å². The van der Waals surface area contributed by atoms with Gasteiger partial charge in [-0.25, -0.2) is 0 Å². The standard InChI is InChI=1S/C12H28N2O4S2/c1-14-4-6-16-12-18-8-10-20-19-9-7-17-11-15-5-2-3-13/h14H,2-13H2,1H3. The molecule has 0 aliphatic carbocycles. The van der Waals surface area contributed by atoms with Gasteiger partial charge in [0, 0.05) is 18.1 Å². The van der Waals surface area contributed by atoms with Crippen molar-refractivity contribution in [2.75, 3.05) is 71.7 Å². The lowest BCUT2D eigenvalue weighted by atomic mass is 10.5. The zero-order valence-electron chi connectivity index (χ0n) is 12.3. The topological polar surface area (TPSA) is 75.0 Å². The molecule has 0 aromatic carbocycles. The highest BCUT2D eigenvalue weighted by molar-refractivity contribution is 8.76. The Morgan fingerprint density at radius 2 is 1.40 bits per heavy atom. The minimum atomic E-state index is 0.359. The predicted molar refractivity (Wildman–Crippen MR) is 86.1 cm³/mol. The predicted octanol–water partition coefficient (Wildman–Crippen LogP) is 0.917. The Kier molecular flexibility index (Phi) is 19.9. The van der Waals surface area contributed by atoms with Crippen molar-refractivity contribution in [2.45, 2.75) is 6.42 Å². The van der Waals surface area contributed by atoms with E-state index in [4.69, 9.17) is 24.7 Å². The first-order valence-corrected chi connectivity index (χ1v) is 9.30. The van der Waals surface area contributed by atoms with Gasteiger partial charge < -0.3 is 30.0 Å². The van der Waals surface area contributed by atoms with E-state index in [0.29, 0.717) is 46.6 Å². The maximum atomic E-state index is 5.34. The molecule has 0 amide bonds. The van der Waals surface area contributed by atoms with Crippen molar-refractivity contribution in [2.24, 2.45) is 5.73 Å². The third kappa shape index (κ3) is 18.5. The van der Waals surface area contributed by atoms with Crippen molar-refractivity contribution in [1.82, 2.24) is 5.32 Å². The van der Waals surface area contributed by atoms with Gasteiger partial charge in [-0.3, -0.25) is 0 Å². The second-order valence-corrected chi connectivity index (χ2v) is 6.46. The molecule has 3 N–H and O–H groups in total. The highest BCUT2D eigenvalue weighted by Crippen LogP contribution is 2.20. The second kappa shape index (κ2) is 19.5. The number of ether oxygens (including phenoxy) is 4. The van der Waals surface area contributed by atoms with Crippen molar-refractivity contribution < 1.29 is 18.9 Å². The van der Waals surface area contributed by atoms with Crippen molar-refractivity contribution in [3.8, 4) is 0 Å². The van der Waals surface area contributed by atoms with Crippen LogP contribution in [0.25, 0.3) is 0 Å². The summed E-state index contributed by atoms with van der Waals surface area (Å²) in [5.74, 6) is 1.90. The monoisotopic (exact) mass is 328 g/mol. The Balaban J connectivity index is 2.89. The third-order valence-corrected chi connectivity index (χ3v) is 4.36.